The van der Waals surface area contributed by atoms with Crippen LogP contribution < -0.4 is 4.90 Å². The number of fused-ring (bicyclic) bond motifs is 2. The average Bonchev–Trinajstić information content (AvgIpc) is 3.34. The zero-order valence-electron chi connectivity index (χ0n) is 17.0. The molecule has 3 heterocycles. The molecule has 1 unspecified atom stereocenters. The van der Waals surface area contributed by atoms with E-state index in [1.807, 2.05) is 29.1 Å². The molecule has 1 aliphatic heterocycles. The fourth-order valence-electron chi connectivity index (χ4n) is 4.75. The second-order valence-corrected chi connectivity index (χ2v) is 8.76. The lowest BCUT2D eigenvalue weighted by Gasteiger charge is -2.40. The van der Waals surface area contributed by atoms with Crippen molar-refractivity contribution in [2.45, 2.75) is 39.2 Å². The van der Waals surface area contributed by atoms with Gasteiger partial charge in [0.05, 0.1) is 28.6 Å². The normalized spacial score (nSPS) is 19.5. The first-order chi connectivity index (χ1) is 14.9. The predicted molar refractivity (Wildman–Crippen MR) is 116 cm³/mol. The molecule has 1 aromatic carbocycles. The highest BCUT2D eigenvalue weighted by atomic mass is 35.5. The first-order valence-electron chi connectivity index (χ1n) is 10.3. The number of aromatic nitrogens is 3. The van der Waals surface area contributed by atoms with Gasteiger partial charge in [0.1, 0.15) is 0 Å². The van der Waals surface area contributed by atoms with Gasteiger partial charge in [0, 0.05) is 36.1 Å². The van der Waals surface area contributed by atoms with Crippen molar-refractivity contribution >= 4 is 34.9 Å². The number of aromatic carboxylic acids is 1. The number of pyridine rings is 1. The maximum atomic E-state index is 14.0. The monoisotopic (exact) mass is 436 g/mol. The van der Waals surface area contributed by atoms with Crippen molar-refractivity contribution in [3.63, 3.8) is 0 Å². The van der Waals surface area contributed by atoms with Gasteiger partial charge >= 0.3 is 5.97 Å². The van der Waals surface area contributed by atoms with E-state index in [-0.39, 0.29) is 11.5 Å². The second-order valence-electron chi connectivity index (χ2n) is 8.32. The summed E-state index contributed by atoms with van der Waals surface area (Å²) in [6, 6.07) is 7.27. The Bertz CT molecular complexity index is 1220. The maximum Gasteiger partial charge on any atom is 0.337 e. The number of halogens is 1. The minimum atomic E-state index is -1.02. The molecule has 0 bridgehead atoms. The number of nitrogens with zero attached hydrogens (tertiary/aromatic N) is 4. The van der Waals surface area contributed by atoms with Crippen LogP contribution in [-0.4, -0.2) is 31.7 Å². The Labute approximate surface area is 184 Å². The number of anilines is 2. The van der Waals surface area contributed by atoms with E-state index in [9.17, 15) is 14.7 Å². The van der Waals surface area contributed by atoms with Crippen molar-refractivity contribution in [3.05, 3.63) is 70.3 Å². The van der Waals surface area contributed by atoms with E-state index in [1.165, 1.54) is 6.20 Å². The third-order valence-electron chi connectivity index (χ3n) is 6.15. The quantitative estimate of drug-likeness (QED) is 0.666. The fourth-order valence-corrected chi connectivity index (χ4v) is 4.92. The van der Waals surface area contributed by atoms with E-state index >= 15 is 0 Å². The molecule has 0 fully saturated rings. The number of amides is 1. The third-order valence-corrected chi connectivity index (χ3v) is 6.38. The number of hydrogen-bond acceptors (Lipinski definition) is 4. The molecular formula is C23H21ClN4O3. The van der Waals surface area contributed by atoms with Crippen LogP contribution in [0.15, 0.2) is 42.9 Å². The van der Waals surface area contributed by atoms with E-state index in [0.717, 1.165) is 35.5 Å². The SMILES string of the molecule is CCCn1cc(N2C(=O)C3(Cc4ccc(Cl)cc42)Cc2cc(C(=O)O)cnc2C3)cn1. The van der Waals surface area contributed by atoms with Crippen LogP contribution in [0.4, 0.5) is 11.4 Å². The highest BCUT2D eigenvalue weighted by Gasteiger charge is 2.51. The molecule has 5 rings (SSSR count). The first-order valence-corrected chi connectivity index (χ1v) is 10.6. The van der Waals surface area contributed by atoms with Crippen molar-refractivity contribution in [2.24, 2.45) is 5.41 Å². The molecule has 1 amide bonds. The molecule has 1 aliphatic carbocycles. The summed E-state index contributed by atoms with van der Waals surface area (Å²) >= 11 is 6.28. The van der Waals surface area contributed by atoms with Crippen molar-refractivity contribution in [1.29, 1.82) is 0 Å². The largest absolute Gasteiger partial charge is 0.478 e. The molecule has 2 aliphatic rings. The number of carboxylic acid groups (broad SMARTS) is 1. The standard InChI is InChI=1S/C23H21ClN4O3/c1-2-5-27-13-18(12-26-27)28-20-7-17(24)4-3-14(20)8-23(22(28)31)9-15-6-16(21(29)30)11-25-19(15)10-23/h3-4,6-7,11-13H,2,5,8-10H2,1H3,(H,29,30). The summed E-state index contributed by atoms with van der Waals surface area (Å²) in [5.41, 5.74) is 3.55. The van der Waals surface area contributed by atoms with Crippen molar-refractivity contribution in [1.82, 2.24) is 14.8 Å². The molecular weight excluding hydrogens is 416 g/mol. The maximum absolute atomic E-state index is 14.0. The Morgan fingerprint density at radius 2 is 2.00 bits per heavy atom. The molecule has 2 aromatic heterocycles. The smallest absolute Gasteiger partial charge is 0.337 e. The third kappa shape index (κ3) is 3.20. The van der Waals surface area contributed by atoms with Gasteiger partial charge in [-0.15, -0.1) is 0 Å². The number of carbonyl (C=O) groups excluding carboxylic acids is 1. The average molecular weight is 437 g/mol. The summed E-state index contributed by atoms with van der Waals surface area (Å²) in [7, 11) is 0. The number of benzene rings is 1. The summed E-state index contributed by atoms with van der Waals surface area (Å²) in [6.07, 6.45) is 7.38. The van der Waals surface area contributed by atoms with E-state index < -0.39 is 11.4 Å². The molecule has 7 nitrogen and oxygen atoms in total. The van der Waals surface area contributed by atoms with Crippen LogP contribution in [0.3, 0.4) is 0 Å². The number of carbonyl (C=O) groups is 2. The summed E-state index contributed by atoms with van der Waals surface area (Å²) in [5, 5.41) is 14.3. The lowest BCUT2D eigenvalue weighted by atomic mass is 9.74. The molecule has 1 atom stereocenters. The van der Waals surface area contributed by atoms with Gasteiger partial charge in [0.2, 0.25) is 5.91 Å². The fraction of sp³-hybridized carbons (Fsp3) is 0.304. The van der Waals surface area contributed by atoms with Crippen molar-refractivity contribution in [3.8, 4) is 0 Å². The van der Waals surface area contributed by atoms with Crippen LogP contribution in [0.25, 0.3) is 0 Å². The lowest BCUT2D eigenvalue weighted by Crippen LogP contribution is -2.47. The summed E-state index contributed by atoms with van der Waals surface area (Å²) in [4.78, 5) is 31.5. The van der Waals surface area contributed by atoms with E-state index in [0.29, 0.717) is 30.0 Å². The first kappa shape index (κ1) is 19.8. The van der Waals surface area contributed by atoms with Crippen LogP contribution in [0.1, 0.15) is 40.5 Å². The van der Waals surface area contributed by atoms with E-state index in [2.05, 4.69) is 17.0 Å². The Kier molecular flexibility index (Phi) is 4.59. The van der Waals surface area contributed by atoms with Crippen LogP contribution in [-0.2, 0) is 30.6 Å². The van der Waals surface area contributed by atoms with Gasteiger partial charge in [-0.1, -0.05) is 24.6 Å². The Morgan fingerprint density at radius 1 is 1.19 bits per heavy atom. The topological polar surface area (TPSA) is 88.3 Å². The highest BCUT2D eigenvalue weighted by molar-refractivity contribution is 6.31. The number of carboxylic acids is 1. The lowest BCUT2D eigenvalue weighted by molar-refractivity contribution is -0.127. The van der Waals surface area contributed by atoms with Gasteiger partial charge in [-0.3, -0.25) is 19.4 Å². The number of aryl methyl sites for hydroxylation is 1. The minimum absolute atomic E-state index is 0.0341. The van der Waals surface area contributed by atoms with Gasteiger partial charge in [0.15, 0.2) is 0 Å². The Hall–Kier alpha value is -3.19. The molecule has 31 heavy (non-hydrogen) atoms. The van der Waals surface area contributed by atoms with Crippen LogP contribution in [0.2, 0.25) is 5.02 Å². The number of rotatable bonds is 4. The molecule has 3 aromatic rings. The van der Waals surface area contributed by atoms with Gasteiger partial charge in [-0.2, -0.15) is 5.10 Å². The van der Waals surface area contributed by atoms with Crippen LogP contribution in [0, 0.1) is 5.41 Å². The van der Waals surface area contributed by atoms with Gasteiger partial charge in [-0.05, 0) is 48.6 Å². The van der Waals surface area contributed by atoms with Crippen LogP contribution in [0.5, 0.6) is 0 Å². The molecule has 1 N–H and O–H groups in total. The summed E-state index contributed by atoms with van der Waals surface area (Å²) < 4.78 is 1.83. The zero-order valence-corrected chi connectivity index (χ0v) is 17.8. The summed E-state index contributed by atoms with van der Waals surface area (Å²) in [5.74, 6) is -1.05. The van der Waals surface area contributed by atoms with E-state index in [4.69, 9.17) is 11.6 Å². The van der Waals surface area contributed by atoms with E-state index in [1.54, 1.807) is 17.2 Å². The molecule has 8 heteroatoms. The Morgan fingerprint density at radius 3 is 2.77 bits per heavy atom. The van der Waals surface area contributed by atoms with Crippen LogP contribution >= 0.6 is 11.6 Å². The minimum Gasteiger partial charge on any atom is -0.478 e. The zero-order chi connectivity index (χ0) is 21.8. The number of hydrogen-bond donors (Lipinski definition) is 1. The second kappa shape index (κ2) is 7.20. The van der Waals surface area contributed by atoms with Gasteiger partial charge in [0.25, 0.3) is 0 Å². The highest BCUT2D eigenvalue weighted by Crippen LogP contribution is 2.48. The molecule has 158 valence electrons. The van der Waals surface area contributed by atoms with Gasteiger partial charge in [-0.25, -0.2) is 4.79 Å². The molecule has 0 saturated carbocycles. The van der Waals surface area contributed by atoms with Crippen molar-refractivity contribution < 1.29 is 14.7 Å². The molecule has 0 radical (unpaired) electrons. The molecule has 1 spiro atoms. The molecule has 0 saturated heterocycles. The predicted octanol–water partition coefficient (Wildman–Crippen LogP) is 4.05. The summed E-state index contributed by atoms with van der Waals surface area (Å²) in [6.45, 7) is 2.84. The van der Waals surface area contributed by atoms with Gasteiger partial charge < -0.3 is 5.11 Å². The Balaban J connectivity index is 1.60. The van der Waals surface area contributed by atoms with Crippen molar-refractivity contribution in [2.75, 3.05) is 4.90 Å².